The summed E-state index contributed by atoms with van der Waals surface area (Å²) >= 11 is 4.33. The highest BCUT2D eigenvalue weighted by Crippen LogP contribution is 2.33. The van der Waals surface area contributed by atoms with E-state index in [-0.39, 0.29) is 11.1 Å². The van der Waals surface area contributed by atoms with E-state index in [4.69, 9.17) is 4.74 Å². The minimum absolute atomic E-state index is 0.346. The molecule has 1 heterocycles. The van der Waals surface area contributed by atoms with Gasteiger partial charge in [-0.25, -0.2) is 0 Å². The van der Waals surface area contributed by atoms with Crippen LogP contribution in [0, 0.1) is 0 Å². The molecule has 0 spiro atoms. The number of ether oxygens (including phenoxy) is 1. The maximum Gasteiger partial charge on any atom is 0.290 e. The fourth-order valence-corrected chi connectivity index (χ4v) is 3.05. The number of thioether (sulfide) groups is 1. The Morgan fingerprint density at radius 1 is 1.42 bits per heavy atom. The number of hydrogen-bond acceptors (Lipinski definition) is 4. The van der Waals surface area contributed by atoms with Crippen molar-refractivity contribution in [2.24, 2.45) is 0 Å². The largest absolute Gasteiger partial charge is 0.496 e. The zero-order chi connectivity index (χ0) is 14.0. The summed E-state index contributed by atoms with van der Waals surface area (Å²) in [5.41, 5.74) is 1.82. The molecule has 2 amide bonds. The minimum Gasteiger partial charge on any atom is -0.496 e. The van der Waals surface area contributed by atoms with E-state index in [9.17, 15) is 9.59 Å². The van der Waals surface area contributed by atoms with Gasteiger partial charge in [0.05, 0.1) is 12.0 Å². The molecule has 1 saturated heterocycles. The van der Waals surface area contributed by atoms with Crippen molar-refractivity contribution in [1.29, 1.82) is 0 Å². The number of carbonyl (C=O) groups excluding carboxylic acids is 2. The van der Waals surface area contributed by atoms with E-state index in [0.717, 1.165) is 39.5 Å². The second kappa shape index (κ2) is 5.79. The van der Waals surface area contributed by atoms with Crippen LogP contribution in [0.3, 0.4) is 0 Å². The predicted octanol–water partition coefficient (Wildman–Crippen LogP) is 3.34. The molecule has 0 aliphatic carbocycles. The third-order valence-electron chi connectivity index (χ3n) is 2.67. The van der Waals surface area contributed by atoms with Gasteiger partial charge in [-0.05, 0) is 42.0 Å². The zero-order valence-corrected chi connectivity index (χ0v) is 12.9. The first-order chi connectivity index (χ1) is 9.05. The third kappa shape index (κ3) is 3.01. The van der Waals surface area contributed by atoms with E-state index in [1.54, 1.807) is 13.2 Å². The van der Waals surface area contributed by atoms with Crippen LogP contribution in [0.4, 0.5) is 4.79 Å². The average Bonchev–Trinajstić information content (AvgIpc) is 2.67. The lowest BCUT2D eigenvalue weighted by Crippen LogP contribution is -2.17. The van der Waals surface area contributed by atoms with Crippen molar-refractivity contribution >= 4 is 44.9 Å². The van der Waals surface area contributed by atoms with Crippen LogP contribution < -0.4 is 10.1 Å². The molecule has 1 aromatic rings. The second-order valence-electron chi connectivity index (χ2n) is 3.89. The van der Waals surface area contributed by atoms with Crippen LogP contribution in [0.25, 0.3) is 6.08 Å². The van der Waals surface area contributed by atoms with Crippen LogP contribution in [-0.2, 0) is 11.2 Å². The Morgan fingerprint density at radius 2 is 2.16 bits per heavy atom. The van der Waals surface area contributed by atoms with Gasteiger partial charge in [-0.15, -0.1) is 0 Å². The lowest BCUT2D eigenvalue weighted by molar-refractivity contribution is -0.115. The van der Waals surface area contributed by atoms with Gasteiger partial charge >= 0.3 is 0 Å². The van der Waals surface area contributed by atoms with Crippen molar-refractivity contribution in [2.75, 3.05) is 7.11 Å². The van der Waals surface area contributed by atoms with Crippen LogP contribution in [-0.4, -0.2) is 18.3 Å². The first-order valence-electron chi connectivity index (χ1n) is 5.66. The second-order valence-corrected chi connectivity index (χ2v) is 5.82. The van der Waals surface area contributed by atoms with Crippen LogP contribution in [0.1, 0.15) is 18.1 Å². The lowest BCUT2D eigenvalue weighted by Gasteiger charge is -2.11. The number of rotatable bonds is 3. The Bertz CT molecular complexity index is 583. The number of carbonyl (C=O) groups is 2. The maximum absolute atomic E-state index is 11.6. The molecular weight excluding hydrogens is 330 g/mol. The SMILES string of the molecule is CCc1cc(Br)cc(/C=C2\SC(=O)NC2=O)c1OC. The van der Waals surface area contributed by atoms with Gasteiger partial charge in [0, 0.05) is 10.0 Å². The van der Waals surface area contributed by atoms with E-state index >= 15 is 0 Å². The molecule has 0 atom stereocenters. The summed E-state index contributed by atoms with van der Waals surface area (Å²) in [7, 11) is 1.59. The molecule has 1 N–H and O–H groups in total. The monoisotopic (exact) mass is 341 g/mol. The molecule has 19 heavy (non-hydrogen) atoms. The number of amides is 2. The minimum atomic E-state index is -0.366. The van der Waals surface area contributed by atoms with Crippen molar-refractivity contribution in [3.63, 3.8) is 0 Å². The Hall–Kier alpha value is -1.27. The molecule has 2 rings (SSSR count). The van der Waals surface area contributed by atoms with E-state index < -0.39 is 0 Å². The van der Waals surface area contributed by atoms with Gasteiger partial charge in [0.2, 0.25) is 0 Å². The molecule has 1 aliphatic rings. The predicted molar refractivity (Wildman–Crippen MR) is 79.2 cm³/mol. The lowest BCUT2D eigenvalue weighted by atomic mass is 10.1. The summed E-state index contributed by atoms with van der Waals surface area (Å²) in [5.74, 6) is 0.362. The van der Waals surface area contributed by atoms with Crippen molar-refractivity contribution in [1.82, 2.24) is 5.32 Å². The molecule has 0 unspecified atom stereocenters. The van der Waals surface area contributed by atoms with E-state index in [0.29, 0.717) is 4.91 Å². The molecule has 4 nitrogen and oxygen atoms in total. The zero-order valence-electron chi connectivity index (χ0n) is 10.5. The summed E-state index contributed by atoms with van der Waals surface area (Å²) in [6, 6.07) is 3.84. The molecule has 100 valence electrons. The van der Waals surface area contributed by atoms with Crippen molar-refractivity contribution < 1.29 is 14.3 Å². The van der Waals surface area contributed by atoms with Gasteiger partial charge in [0.15, 0.2) is 0 Å². The van der Waals surface area contributed by atoms with Gasteiger partial charge < -0.3 is 4.74 Å². The summed E-state index contributed by atoms with van der Waals surface area (Å²) in [5, 5.41) is 1.89. The quantitative estimate of drug-likeness (QED) is 0.856. The number of halogens is 1. The number of aryl methyl sites for hydroxylation is 1. The standard InChI is InChI=1S/C13H12BrNO3S/c1-3-7-4-9(14)5-8(11(7)18-2)6-10-12(16)15-13(17)19-10/h4-6H,3H2,1-2H3,(H,15,16,17)/b10-6-. The Labute approximate surface area is 123 Å². The van der Waals surface area contributed by atoms with Crippen LogP contribution in [0.5, 0.6) is 5.75 Å². The van der Waals surface area contributed by atoms with Crippen LogP contribution in [0.2, 0.25) is 0 Å². The Balaban J connectivity index is 2.50. The van der Waals surface area contributed by atoms with Gasteiger partial charge in [0.25, 0.3) is 11.1 Å². The fourth-order valence-electron chi connectivity index (χ4n) is 1.85. The van der Waals surface area contributed by atoms with E-state index in [1.165, 1.54) is 0 Å². The molecule has 6 heteroatoms. The molecule has 1 fully saturated rings. The Kier molecular flexibility index (Phi) is 4.31. The number of hydrogen-bond donors (Lipinski definition) is 1. The summed E-state index contributed by atoms with van der Waals surface area (Å²) in [6.07, 6.45) is 2.49. The number of imide groups is 1. The molecule has 0 saturated carbocycles. The molecule has 0 bridgehead atoms. The summed E-state index contributed by atoms with van der Waals surface area (Å²) in [6.45, 7) is 2.03. The van der Waals surface area contributed by atoms with Crippen molar-refractivity contribution in [3.8, 4) is 5.75 Å². The molecule has 1 aliphatic heterocycles. The number of nitrogens with one attached hydrogen (secondary N) is 1. The average molecular weight is 342 g/mol. The topological polar surface area (TPSA) is 55.4 Å². The molecule has 0 aromatic heterocycles. The fraction of sp³-hybridized carbons (Fsp3) is 0.231. The highest BCUT2D eigenvalue weighted by molar-refractivity contribution is 9.10. The highest BCUT2D eigenvalue weighted by Gasteiger charge is 2.25. The smallest absolute Gasteiger partial charge is 0.290 e. The number of benzene rings is 1. The van der Waals surface area contributed by atoms with Crippen LogP contribution >= 0.6 is 27.7 Å². The first-order valence-corrected chi connectivity index (χ1v) is 7.27. The third-order valence-corrected chi connectivity index (χ3v) is 3.94. The number of methoxy groups -OCH3 is 1. The highest BCUT2D eigenvalue weighted by atomic mass is 79.9. The van der Waals surface area contributed by atoms with E-state index in [2.05, 4.69) is 21.2 Å². The first kappa shape index (κ1) is 14.1. The van der Waals surface area contributed by atoms with Crippen LogP contribution in [0.15, 0.2) is 21.5 Å². The van der Waals surface area contributed by atoms with Crippen molar-refractivity contribution in [3.05, 3.63) is 32.6 Å². The van der Waals surface area contributed by atoms with Crippen molar-refractivity contribution in [2.45, 2.75) is 13.3 Å². The van der Waals surface area contributed by atoms with Gasteiger partial charge in [-0.1, -0.05) is 22.9 Å². The van der Waals surface area contributed by atoms with Gasteiger partial charge in [0.1, 0.15) is 5.75 Å². The maximum atomic E-state index is 11.6. The molecule has 1 aromatic carbocycles. The normalized spacial score (nSPS) is 16.9. The van der Waals surface area contributed by atoms with Gasteiger partial charge in [-0.3, -0.25) is 14.9 Å². The van der Waals surface area contributed by atoms with E-state index in [1.807, 2.05) is 19.1 Å². The summed E-state index contributed by atoms with van der Waals surface area (Å²) < 4.78 is 6.31. The van der Waals surface area contributed by atoms with Gasteiger partial charge in [-0.2, -0.15) is 0 Å². The summed E-state index contributed by atoms with van der Waals surface area (Å²) in [4.78, 5) is 23.1. The molecule has 0 radical (unpaired) electrons. The molecular formula is C13H12BrNO3S. The Morgan fingerprint density at radius 3 is 2.68 bits per heavy atom.